The molecular weight excluding hydrogens is 1020 g/mol. The molecule has 28 heteroatoms. The molecule has 10 atom stereocenters. The molecule has 0 aromatic heterocycles. The second-order valence-corrected chi connectivity index (χ2v) is 20.9. The molecule has 0 aromatic rings. The summed E-state index contributed by atoms with van der Waals surface area (Å²) in [6, 6.07) is -12.3. The molecular formula is C50H94N16O12. The van der Waals surface area contributed by atoms with Crippen molar-refractivity contribution in [2.24, 2.45) is 46.4 Å². The lowest BCUT2D eigenvalue weighted by molar-refractivity contribution is -0.136. The SMILES string of the molecule is CC(C)CCCCC(=O)N[C@@H](CCN)C(=O)N[C@H](C(=O)N[C@@H](CCN)C(=O)N[C@H]1CCNC(=O)[C@H](CC(C)C)NC(=O)[C@H](CCN)NC(=O)[C@H](CCN)NC(=O)[C@H](CC(C)C)NC(=O)CNC(=O)[C@H](CCN)NC1=O)[C@@H](C)O. The van der Waals surface area contributed by atoms with Gasteiger partial charge in [-0.1, -0.05) is 54.4 Å². The van der Waals surface area contributed by atoms with Crippen molar-refractivity contribution in [3.05, 3.63) is 0 Å². The fourth-order valence-electron chi connectivity index (χ4n) is 8.24. The Labute approximate surface area is 458 Å². The maximum atomic E-state index is 14.2. The van der Waals surface area contributed by atoms with Crippen LogP contribution in [-0.4, -0.2) is 176 Å². The van der Waals surface area contributed by atoms with Crippen LogP contribution in [0.2, 0.25) is 0 Å². The van der Waals surface area contributed by atoms with Gasteiger partial charge in [0.15, 0.2) is 0 Å². The van der Waals surface area contributed by atoms with Gasteiger partial charge in [0, 0.05) is 13.0 Å². The first-order valence-corrected chi connectivity index (χ1v) is 27.3. The van der Waals surface area contributed by atoms with E-state index in [0.717, 1.165) is 12.8 Å². The van der Waals surface area contributed by atoms with Crippen LogP contribution in [-0.2, 0) is 52.7 Å². The summed E-state index contributed by atoms with van der Waals surface area (Å²) >= 11 is 0. The van der Waals surface area contributed by atoms with Crippen LogP contribution >= 0.6 is 0 Å². The quantitative estimate of drug-likeness (QED) is 0.0341. The van der Waals surface area contributed by atoms with Crippen LogP contribution in [0.3, 0.4) is 0 Å². The van der Waals surface area contributed by atoms with E-state index in [1.54, 1.807) is 27.7 Å². The van der Waals surface area contributed by atoms with Gasteiger partial charge in [0.1, 0.15) is 54.4 Å². The summed E-state index contributed by atoms with van der Waals surface area (Å²) in [5, 5.41) is 38.8. The monoisotopic (exact) mass is 1110 g/mol. The highest BCUT2D eigenvalue weighted by Gasteiger charge is 2.36. The van der Waals surface area contributed by atoms with Crippen molar-refractivity contribution in [3.63, 3.8) is 0 Å². The van der Waals surface area contributed by atoms with Gasteiger partial charge in [0.05, 0.1) is 12.6 Å². The Morgan fingerprint density at radius 3 is 1.46 bits per heavy atom. The molecule has 78 heavy (non-hydrogen) atoms. The minimum absolute atomic E-state index is 0.000136. The Balaban J connectivity index is 3.69. The van der Waals surface area contributed by atoms with Crippen molar-refractivity contribution in [3.8, 4) is 0 Å². The van der Waals surface area contributed by atoms with Gasteiger partial charge in [-0.25, -0.2) is 0 Å². The number of aliphatic hydroxyl groups is 1. The lowest BCUT2D eigenvalue weighted by Gasteiger charge is -2.28. The Bertz CT molecular complexity index is 1960. The zero-order chi connectivity index (χ0) is 59.1. The van der Waals surface area contributed by atoms with Gasteiger partial charge in [0.2, 0.25) is 65.0 Å². The van der Waals surface area contributed by atoms with E-state index in [9.17, 15) is 57.8 Å². The van der Waals surface area contributed by atoms with Gasteiger partial charge >= 0.3 is 0 Å². The van der Waals surface area contributed by atoms with Crippen LogP contribution in [0.15, 0.2) is 0 Å². The highest BCUT2D eigenvalue weighted by molar-refractivity contribution is 5.98. The Morgan fingerprint density at radius 1 is 0.513 bits per heavy atom. The molecule has 11 amide bonds. The number of hydrogen-bond donors (Lipinski definition) is 17. The van der Waals surface area contributed by atoms with Crippen molar-refractivity contribution in [2.75, 3.05) is 45.8 Å². The summed E-state index contributed by atoms with van der Waals surface area (Å²) in [5.74, 6) is -8.82. The molecule has 0 bridgehead atoms. The van der Waals surface area contributed by atoms with Crippen molar-refractivity contribution in [2.45, 2.75) is 186 Å². The molecule has 0 saturated carbocycles. The third-order valence-electron chi connectivity index (χ3n) is 12.4. The number of hydrogen-bond acceptors (Lipinski definition) is 17. The molecule has 1 aliphatic heterocycles. The molecule has 0 spiro atoms. The summed E-state index contributed by atoms with van der Waals surface area (Å²) in [6.07, 6.45) is 0.200. The average molecular weight is 1110 g/mol. The molecule has 28 nitrogen and oxygen atoms in total. The average Bonchev–Trinajstić information content (AvgIpc) is 3.36. The number of unbranched alkanes of at least 4 members (excludes halogenated alkanes) is 1. The van der Waals surface area contributed by atoms with Crippen LogP contribution in [0.1, 0.15) is 126 Å². The van der Waals surface area contributed by atoms with E-state index < -0.39 is 132 Å². The highest BCUT2D eigenvalue weighted by atomic mass is 16.3. The maximum Gasteiger partial charge on any atom is 0.245 e. The molecule has 1 saturated heterocycles. The summed E-state index contributed by atoms with van der Waals surface area (Å²) in [6.45, 7) is 11.0. The molecule has 1 aliphatic rings. The number of carbonyl (C=O) groups is 11. The number of nitrogens with two attached hydrogens (primary N) is 5. The van der Waals surface area contributed by atoms with Crippen molar-refractivity contribution < 1.29 is 57.8 Å². The molecule has 0 aromatic carbocycles. The van der Waals surface area contributed by atoms with E-state index in [2.05, 4.69) is 72.3 Å². The van der Waals surface area contributed by atoms with E-state index in [4.69, 9.17) is 28.7 Å². The van der Waals surface area contributed by atoms with Gasteiger partial charge in [-0.2, -0.15) is 0 Å². The predicted molar refractivity (Wildman–Crippen MR) is 290 cm³/mol. The zero-order valence-corrected chi connectivity index (χ0v) is 46.8. The van der Waals surface area contributed by atoms with Crippen molar-refractivity contribution >= 4 is 65.0 Å². The Kier molecular flexibility index (Phi) is 33.8. The normalized spacial score (nSPS) is 22.3. The molecule has 446 valence electrons. The lowest BCUT2D eigenvalue weighted by atomic mass is 10.0. The molecule has 0 aliphatic carbocycles. The number of amides is 11. The van der Waals surface area contributed by atoms with Crippen LogP contribution in [0, 0.1) is 17.8 Å². The van der Waals surface area contributed by atoms with Gasteiger partial charge < -0.3 is 92.3 Å². The van der Waals surface area contributed by atoms with Gasteiger partial charge in [-0.15, -0.1) is 0 Å². The molecule has 1 rings (SSSR count). The third-order valence-corrected chi connectivity index (χ3v) is 12.4. The predicted octanol–water partition coefficient (Wildman–Crippen LogP) is -5.58. The first-order chi connectivity index (χ1) is 36.8. The smallest absolute Gasteiger partial charge is 0.245 e. The Morgan fingerprint density at radius 2 is 0.974 bits per heavy atom. The van der Waals surface area contributed by atoms with E-state index in [-0.39, 0.29) is 109 Å². The number of rotatable bonds is 27. The van der Waals surface area contributed by atoms with Crippen LogP contribution in [0.25, 0.3) is 0 Å². The van der Waals surface area contributed by atoms with Gasteiger partial charge in [0.25, 0.3) is 0 Å². The molecule has 1 fully saturated rings. The largest absolute Gasteiger partial charge is 0.391 e. The standard InChI is InChI=1S/C50H94N16O12/c1-27(2)10-8-9-11-39(68)58-32(13-19-52)48(76)66-41(30(7)67)50(78)64-35(16-22-55)45(73)63-36-17-23-56-43(71)37(24-28(3)4)65-46(74)34(15-21-54)61-44(72)33(14-20-53)62-49(77)38(25-29(5)6)59-40(69)26-57-42(70)31(12-18-51)60-47(36)75/h27-38,41,67H,8-26,51-55H2,1-7H3,(H,56,71)(H,57,70)(H,58,68)(H,59,69)(H,60,75)(H,61,72)(H,62,77)(H,63,73)(H,64,78)(H,65,74)(H,66,76)/t30-,31+,32+,33+,34+,35+,36+,37+,38+,41+/m1/s1. The van der Waals surface area contributed by atoms with Crippen molar-refractivity contribution in [1.29, 1.82) is 0 Å². The Hall–Kier alpha value is -6.07. The number of nitrogens with one attached hydrogen (secondary N) is 11. The van der Waals surface area contributed by atoms with E-state index in [1.807, 2.05) is 0 Å². The number of carbonyl (C=O) groups excluding carboxylic acids is 11. The van der Waals surface area contributed by atoms with Crippen molar-refractivity contribution in [1.82, 2.24) is 58.5 Å². The molecule has 0 radical (unpaired) electrons. The second kappa shape index (κ2) is 37.7. The highest BCUT2D eigenvalue weighted by Crippen LogP contribution is 2.11. The third kappa shape index (κ3) is 27.0. The first kappa shape index (κ1) is 69.9. The summed E-state index contributed by atoms with van der Waals surface area (Å²) < 4.78 is 0. The fraction of sp³-hybridized carbons (Fsp3) is 0.780. The van der Waals surface area contributed by atoms with Gasteiger partial charge in [-0.05, 0) is 115 Å². The van der Waals surface area contributed by atoms with E-state index in [0.29, 0.717) is 12.3 Å². The minimum atomic E-state index is -1.67. The van der Waals surface area contributed by atoms with Gasteiger partial charge in [-0.3, -0.25) is 52.7 Å². The number of aliphatic hydroxyl groups excluding tert-OH is 1. The maximum absolute atomic E-state index is 14.2. The van der Waals surface area contributed by atoms with Crippen LogP contribution < -0.4 is 87.2 Å². The topological polar surface area (TPSA) is 470 Å². The second-order valence-electron chi connectivity index (χ2n) is 20.9. The summed E-state index contributed by atoms with van der Waals surface area (Å²) in [5.41, 5.74) is 29.1. The lowest BCUT2D eigenvalue weighted by Crippen LogP contribution is -2.61. The van der Waals surface area contributed by atoms with Crippen LogP contribution in [0.4, 0.5) is 0 Å². The van der Waals surface area contributed by atoms with Crippen LogP contribution in [0.5, 0.6) is 0 Å². The molecule has 0 unspecified atom stereocenters. The molecule has 22 N–H and O–H groups in total. The summed E-state index contributed by atoms with van der Waals surface area (Å²) in [7, 11) is 0. The summed E-state index contributed by atoms with van der Waals surface area (Å²) in [4.78, 5) is 151. The zero-order valence-electron chi connectivity index (χ0n) is 46.8. The molecule has 1 heterocycles. The van der Waals surface area contributed by atoms with E-state index in [1.165, 1.54) is 6.92 Å². The fourth-order valence-corrected chi connectivity index (χ4v) is 8.24. The first-order valence-electron chi connectivity index (χ1n) is 27.3. The minimum Gasteiger partial charge on any atom is -0.391 e. The van der Waals surface area contributed by atoms with E-state index >= 15 is 0 Å².